The zero-order chi connectivity index (χ0) is 46.6. The van der Waals surface area contributed by atoms with E-state index in [1.54, 1.807) is 0 Å². The summed E-state index contributed by atoms with van der Waals surface area (Å²) in [4.78, 5) is 104. The van der Waals surface area contributed by atoms with E-state index in [1.807, 2.05) is 91.1 Å². The van der Waals surface area contributed by atoms with Gasteiger partial charge < -0.3 is 35.4 Å². The molecular weight excluding hydrogens is 811 g/mol. The minimum atomic E-state index is -1.48. The zero-order valence-corrected chi connectivity index (χ0v) is 39.5. The molecule has 6 amide bonds. The van der Waals surface area contributed by atoms with E-state index in [0.717, 1.165) is 20.5 Å². The molecular formula is C46H69N7O8S. The number of carbonyl (C=O) groups excluding carboxylic acids is 7. The zero-order valence-electron chi connectivity index (χ0n) is 38.7. The molecule has 3 rings (SSSR count). The first-order valence-corrected chi connectivity index (χ1v) is 22.7. The molecule has 1 saturated heterocycles. The third kappa shape index (κ3) is 14.0. The van der Waals surface area contributed by atoms with Crippen LogP contribution in [-0.2, 0) is 44.7 Å². The Kier molecular flexibility index (Phi) is 19.4. The van der Waals surface area contributed by atoms with Crippen molar-refractivity contribution in [2.75, 3.05) is 21.1 Å². The average molecular weight is 880 g/mol. The predicted molar refractivity (Wildman–Crippen MR) is 239 cm³/mol. The average Bonchev–Trinajstić information content (AvgIpc) is 3.62. The maximum atomic E-state index is 14.8. The number of amides is 6. The Balaban J connectivity index is 2.26. The Labute approximate surface area is 371 Å². The monoisotopic (exact) mass is 879 g/mol. The second kappa shape index (κ2) is 23.4. The second-order valence-electron chi connectivity index (χ2n) is 18.3. The summed E-state index contributed by atoms with van der Waals surface area (Å²) in [6.45, 7) is 16.6. The van der Waals surface area contributed by atoms with Gasteiger partial charge in [0.2, 0.25) is 29.5 Å². The lowest BCUT2D eigenvalue weighted by Gasteiger charge is -2.35. The maximum absolute atomic E-state index is 14.8. The quantitative estimate of drug-likeness (QED) is 0.251. The van der Waals surface area contributed by atoms with E-state index in [9.17, 15) is 38.8 Å². The van der Waals surface area contributed by atoms with Gasteiger partial charge in [0.25, 0.3) is 5.91 Å². The van der Waals surface area contributed by atoms with E-state index in [-0.39, 0.29) is 68.6 Å². The predicted octanol–water partition coefficient (Wildman–Crippen LogP) is 4.81. The van der Waals surface area contributed by atoms with E-state index in [1.165, 1.54) is 49.2 Å². The van der Waals surface area contributed by atoms with Crippen LogP contribution in [0.4, 0.5) is 0 Å². The summed E-state index contributed by atoms with van der Waals surface area (Å²) in [5.74, 6) is -4.93. The van der Waals surface area contributed by atoms with Crippen LogP contribution in [0.15, 0.2) is 29.6 Å². The molecule has 0 bridgehead atoms. The molecule has 3 N–H and O–H groups in total. The third-order valence-electron chi connectivity index (χ3n) is 11.2. The largest absolute Gasteiger partial charge is 0.451 e. The number of rotatable bonds is 12. The van der Waals surface area contributed by atoms with Crippen molar-refractivity contribution in [1.29, 1.82) is 5.26 Å². The number of fused-ring (bicyclic) bond motifs is 1. The molecule has 1 aliphatic heterocycles. The standard InChI is InChI=1S/C46H69N7O8S/c1-26(2)20-33-43(57)51(10)30(9)46(60)61-38(17-15-19-47)42(56)50-35(22-28(5)6)45(59)52(11)36(23-29(7)8)40(54)49-34(21-27(3)4)44(58)53(12)37(41(55)48-33)24-31-25-62-39-18-14-13-16-32(31)39/h13-14,16,18,25-30,33-38H,15,17,20-24H2,1-12H3,(H,48,55)(H,49,54)(H,50,56)/t30-,33-,34-,35-,36-,37-,38+/m0/s1. The number of likely N-dealkylation sites (N-methyl/N-ethyl adjacent to an activating group) is 3. The van der Waals surface area contributed by atoms with Gasteiger partial charge in [-0.15, -0.1) is 11.3 Å². The molecule has 0 radical (unpaired) electrons. The highest BCUT2D eigenvalue weighted by atomic mass is 32.1. The molecule has 342 valence electrons. The molecule has 62 heavy (non-hydrogen) atoms. The molecule has 0 unspecified atom stereocenters. The molecule has 0 saturated carbocycles. The SMILES string of the molecule is CC(C)C[C@@H]1NC(=O)[C@H](Cc2csc3ccccc23)N(C)C(=O)[C@H](CC(C)C)NC(=O)[C@H](CC(C)C)N(C)C(=O)[C@H](CC(C)C)NC(=O)[C@@H](CCC#N)OC(=O)[C@H](C)N(C)C1=O. The first-order chi connectivity index (χ1) is 29.1. The van der Waals surface area contributed by atoms with Gasteiger partial charge in [0, 0.05) is 45.1 Å². The van der Waals surface area contributed by atoms with Gasteiger partial charge in [-0.1, -0.05) is 73.6 Å². The van der Waals surface area contributed by atoms with Crippen LogP contribution >= 0.6 is 11.3 Å². The van der Waals surface area contributed by atoms with Crippen LogP contribution in [0.3, 0.4) is 0 Å². The molecule has 2 heterocycles. The summed E-state index contributed by atoms with van der Waals surface area (Å²) >= 11 is 1.51. The van der Waals surface area contributed by atoms with E-state index in [4.69, 9.17) is 4.74 Å². The summed E-state index contributed by atoms with van der Waals surface area (Å²) in [5, 5.41) is 20.9. The Morgan fingerprint density at radius 3 is 1.61 bits per heavy atom. The highest BCUT2D eigenvalue weighted by Gasteiger charge is 2.40. The lowest BCUT2D eigenvalue weighted by molar-refractivity contribution is -0.163. The van der Waals surface area contributed by atoms with Crippen molar-refractivity contribution >= 4 is 62.8 Å². The van der Waals surface area contributed by atoms with Crippen molar-refractivity contribution < 1.29 is 38.3 Å². The Bertz CT molecular complexity index is 1940. The van der Waals surface area contributed by atoms with Gasteiger partial charge in [-0.2, -0.15) is 5.26 Å². The molecule has 0 aliphatic carbocycles. The molecule has 0 spiro atoms. The second-order valence-corrected chi connectivity index (χ2v) is 19.3. The number of nitrogens with zero attached hydrogens (tertiary/aromatic N) is 4. The van der Waals surface area contributed by atoms with E-state index in [0.29, 0.717) is 0 Å². The number of hydrogen-bond acceptors (Lipinski definition) is 10. The van der Waals surface area contributed by atoms with Gasteiger partial charge in [-0.3, -0.25) is 28.8 Å². The number of benzene rings is 1. The lowest BCUT2D eigenvalue weighted by Crippen LogP contribution is -2.60. The van der Waals surface area contributed by atoms with Crippen LogP contribution in [0.2, 0.25) is 0 Å². The number of cyclic esters (lactones) is 1. The number of ether oxygens (including phenoxy) is 1. The van der Waals surface area contributed by atoms with Crippen LogP contribution < -0.4 is 16.0 Å². The van der Waals surface area contributed by atoms with Crippen LogP contribution in [0.5, 0.6) is 0 Å². The van der Waals surface area contributed by atoms with Crippen molar-refractivity contribution in [3.8, 4) is 6.07 Å². The van der Waals surface area contributed by atoms with Crippen molar-refractivity contribution in [3.05, 3.63) is 35.2 Å². The summed E-state index contributed by atoms with van der Waals surface area (Å²) in [6.07, 6.45) is -0.903. The number of esters is 1. The number of thiophene rings is 1. The molecule has 16 heteroatoms. The van der Waals surface area contributed by atoms with Gasteiger partial charge in [0.15, 0.2) is 6.10 Å². The van der Waals surface area contributed by atoms with Crippen molar-refractivity contribution in [1.82, 2.24) is 30.7 Å². The first-order valence-electron chi connectivity index (χ1n) is 21.8. The lowest BCUT2D eigenvalue weighted by atomic mass is 9.96. The van der Waals surface area contributed by atoms with Crippen LogP contribution in [0.1, 0.15) is 106 Å². The highest BCUT2D eigenvalue weighted by molar-refractivity contribution is 7.17. The Hall–Kier alpha value is -5.04. The minimum absolute atomic E-state index is 0.0690. The Morgan fingerprint density at radius 1 is 0.661 bits per heavy atom. The van der Waals surface area contributed by atoms with Gasteiger partial charge in [-0.05, 0) is 78.7 Å². The van der Waals surface area contributed by atoms with Gasteiger partial charge in [0.05, 0.1) is 6.07 Å². The van der Waals surface area contributed by atoms with Gasteiger partial charge in [0.1, 0.15) is 36.3 Å². The molecule has 1 fully saturated rings. The van der Waals surface area contributed by atoms with Crippen molar-refractivity contribution in [2.45, 2.75) is 150 Å². The maximum Gasteiger partial charge on any atom is 0.329 e. The van der Waals surface area contributed by atoms with Gasteiger partial charge >= 0.3 is 5.97 Å². The van der Waals surface area contributed by atoms with Crippen LogP contribution in [0.25, 0.3) is 10.1 Å². The molecule has 1 aliphatic rings. The number of carbonyl (C=O) groups is 7. The van der Waals surface area contributed by atoms with Crippen molar-refractivity contribution in [3.63, 3.8) is 0 Å². The molecule has 1 aromatic heterocycles. The summed E-state index contributed by atoms with van der Waals surface area (Å²) < 4.78 is 6.70. The van der Waals surface area contributed by atoms with E-state index in [2.05, 4.69) is 16.0 Å². The normalized spacial score (nSPS) is 24.7. The Morgan fingerprint density at radius 2 is 1.11 bits per heavy atom. The topological polar surface area (TPSA) is 198 Å². The fourth-order valence-electron chi connectivity index (χ4n) is 7.64. The summed E-state index contributed by atoms with van der Waals surface area (Å²) in [5.41, 5.74) is 0.822. The van der Waals surface area contributed by atoms with E-state index < -0.39 is 83.8 Å². The smallest absolute Gasteiger partial charge is 0.329 e. The summed E-state index contributed by atoms with van der Waals surface area (Å²) in [7, 11) is 4.40. The molecule has 15 nitrogen and oxygen atoms in total. The molecule has 1 aromatic carbocycles. The van der Waals surface area contributed by atoms with E-state index >= 15 is 0 Å². The number of hydrogen-bond donors (Lipinski definition) is 3. The number of nitrogens with one attached hydrogen (secondary N) is 3. The third-order valence-corrected chi connectivity index (χ3v) is 12.2. The molecule has 7 atom stereocenters. The molecule has 2 aromatic rings. The first kappa shape index (κ1) is 51.3. The van der Waals surface area contributed by atoms with Crippen molar-refractivity contribution in [2.24, 2.45) is 23.7 Å². The van der Waals surface area contributed by atoms with Gasteiger partial charge in [-0.25, -0.2) is 4.79 Å². The minimum Gasteiger partial charge on any atom is -0.451 e. The summed E-state index contributed by atoms with van der Waals surface area (Å²) in [6, 6.07) is 2.92. The highest BCUT2D eigenvalue weighted by Crippen LogP contribution is 2.28. The fourth-order valence-corrected chi connectivity index (χ4v) is 8.62. The van der Waals surface area contributed by atoms with Crippen LogP contribution in [-0.4, -0.2) is 120 Å². The fraction of sp³-hybridized carbons (Fsp3) is 0.652. The van der Waals surface area contributed by atoms with Crippen LogP contribution in [0, 0.1) is 35.0 Å². The number of nitriles is 1.